The zero-order valence-electron chi connectivity index (χ0n) is 14.9. The molecule has 0 saturated heterocycles. The van der Waals surface area contributed by atoms with Gasteiger partial charge in [0.15, 0.2) is 5.82 Å². The third kappa shape index (κ3) is 3.35. The second kappa shape index (κ2) is 7.36. The molecule has 4 aromatic rings. The largest absolute Gasteiger partial charge is 0.305 e. The quantitative estimate of drug-likeness (QED) is 0.592. The van der Waals surface area contributed by atoms with Gasteiger partial charge in [0.25, 0.3) is 5.91 Å². The van der Waals surface area contributed by atoms with Gasteiger partial charge >= 0.3 is 0 Å². The van der Waals surface area contributed by atoms with Crippen molar-refractivity contribution in [2.24, 2.45) is 0 Å². The molecule has 0 fully saturated rings. The summed E-state index contributed by atoms with van der Waals surface area (Å²) in [6, 6.07) is 12.9. The molecule has 3 heterocycles. The minimum absolute atomic E-state index is 0.180. The second-order valence-electron chi connectivity index (χ2n) is 5.97. The number of hydrogen-bond donors (Lipinski definition) is 1. The minimum Gasteiger partial charge on any atom is -0.305 e. The molecular weight excluding hydrogens is 359 g/mol. The molecule has 0 aliphatic carbocycles. The van der Waals surface area contributed by atoms with Gasteiger partial charge in [0.2, 0.25) is 0 Å². The first kappa shape index (κ1) is 17.5. The molecule has 1 amide bonds. The maximum Gasteiger partial charge on any atom is 0.275 e. The maximum absolute atomic E-state index is 14.1. The van der Waals surface area contributed by atoms with Gasteiger partial charge in [-0.1, -0.05) is 18.2 Å². The topological polar surface area (TPSA) is 85.6 Å². The Hall–Kier alpha value is -3.94. The lowest BCUT2D eigenvalue weighted by Gasteiger charge is -2.09. The van der Waals surface area contributed by atoms with Crippen LogP contribution >= 0.6 is 0 Å². The molecule has 0 unspecified atom stereocenters. The first-order valence-electron chi connectivity index (χ1n) is 8.49. The van der Waals surface area contributed by atoms with E-state index in [2.05, 4.69) is 25.4 Å². The van der Waals surface area contributed by atoms with E-state index < -0.39 is 11.7 Å². The Balaban J connectivity index is 1.63. The molecular formula is C20H15FN6O. The zero-order chi connectivity index (χ0) is 19.5. The number of carbonyl (C=O) groups excluding carboxylic acids is 1. The fraction of sp³-hybridized carbons (Fsp3) is 0.0500. The standard InChI is InChI=1S/C20H15FN6O/c1-13-5-4-10-22-18(13)19-23-11-9-17(25-19)26-20(28)16-8-12-24-27(16)15-7-3-2-6-14(15)21/h2-12H,1H3,(H,23,25,26,28). The second-order valence-corrected chi connectivity index (χ2v) is 5.97. The molecule has 8 heteroatoms. The molecule has 0 atom stereocenters. The number of rotatable bonds is 4. The van der Waals surface area contributed by atoms with Gasteiger partial charge < -0.3 is 5.32 Å². The number of nitrogens with zero attached hydrogens (tertiary/aromatic N) is 5. The van der Waals surface area contributed by atoms with Crippen LogP contribution in [-0.4, -0.2) is 30.6 Å². The summed E-state index contributed by atoms with van der Waals surface area (Å²) in [5, 5.41) is 6.76. The van der Waals surface area contributed by atoms with Crippen LogP contribution in [0.1, 0.15) is 16.1 Å². The highest BCUT2D eigenvalue weighted by Crippen LogP contribution is 2.19. The molecule has 3 aromatic heterocycles. The normalized spacial score (nSPS) is 10.6. The van der Waals surface area contributed by atoms with Crippen LogP contribution in [-0.2, 0) is 0 Å². The van der Waals surface area contributed by atoms with Gasteiger partial charge in [0, 0.05) is 12.4 Å². The lowest BCUT2D eigenvalue weighted by Crippen LogP contribution is -2.18. The van der Waals surface area contributed by atoms with Crippen LogP contribution in [0.15, 0.2) is 67.1 Å². The van der Waals surface area contributed by atoms with Gasteiger partial charge in [-0.25, -0.2) is 19.0 Å². The van der Waals surface area contributed by atoms with Crippen molar-refractivity contribution in [3.05, 3.63) is 84.2 Å². The smallest absolute Gasteiger partial charge is 0.275 e. The monoisotopic (exact) mass is 374 g/mol. The Morgan fingerprint density at radius 2 is 1.86 bits per heavy atom. The third-order valence-corrected chi connectivity index (χ3v) is 4.07. The summed E-state index contributed by atoms with van der Waals surface area (Å²) in [7, 11) is 0. The van der Waals surface area contributed by atoms with Crippen molar-refractivity contribution in [3.8, 4) is 17.2 Å². The molecule has 4 rings (SSSR count). The molecule has 0 aliphatic rings. The number of halogens is 1. The highest BCUT2D eigenvalue weighted by Gasteiger charge is 2.17. The van der Waals surface area contributed by atoms with E-state index in [1.165, 1.54) is 23.0 Å². The molecule has 1 aromatic carbocycles. The van der Waals surface area contributed by atoms with Crippen molar-refractivity contribution in [3.63, 3.8) is 0 Å². The molecule has 0 saturated carbocycles. The summed E-state index contributed by atoms with van der Waals surface area (Å²) in [4.78, 5) is 25.6. The van der Waals surface area contributed by atoms with Gasteiger partial charge in [0.05, 0.1) is 6.20 Å². The van der Waals surface area contributed by atoms with Crippen molar-refractivity contribution in [1.29, 1.82) is 0 Å². The first-order valence-corrected chi connectivity index (χ1v) is 8.49. The van der Waals surface area contributed by atoms with Crippen LogP contribution in [0.5, 0.6) is 0 Å². The van der Waals surface area contributed by atoms with Gasteiger partial charge in [-0.2, -0.15) is 5.10 Å². The van der Waals surface area contributed by atoms with Crippen molar-refractivity contribution in [2.75, 3.05) is 5.32 Å². The number of carbonyl (C=O) groups is 1. The average molecular weight is 374 g/mol. The highest BCUT2D eigenvalue weighted by molar-refractivity contribution is 6.02. The van der Waals surface area contributed by atoms with Crippen molar-refractivity contribution >= 4 is 11.7 Å². The number of amides is 1. The molecule has 1 N–H and O–H groups in total. The number of anilines is 1. The summed E-state index contributed by atoms with van der Waals surface area (Å²) >= 11 is 0. The van der Waals surface area contributed by atoms with Gasteiger partial charge in [-0.3, -0.25) is 9.78 Å². The number of benzene rings is 1. The van der Waals surface area contributed by atoms with Crippen LogP contribution in [0, 0.1) is 12.7 Å². The first-order chi connectivity index (χ1) is 13.6. The number of nitrogens with one attached hydrogen (secondary N) is 1. The Kier molecular flexibility index (Phi) is 4.59. The summed E-state index contributed by atoms with van der Waals surface area (Å²) in [6.45, 7) is 1.91. The van der Waals surface area contributed by atoms with E-state index in [4.69, 9.17) is 0 Å². The number of pyridine rings is 1. The lowest BCUT2D eigenvalue weighted by molar-refractivity contribution is 0.101. The number of aryl methyl sites for hydroxylation is 1. The average Bonchev–Trinajstić information content (AvgIpc) is 3.19. The summed E-state index contributed by atoms with van der Waals surface area (Å²) in [5.41, 5.74) is 1.92. The molecule has 0 aliphatic heterocycles. The third-order valence-electron chi connectivity index (χ3n) is 4.07. The van der Waals surface area contributed by atoms with Gasteiger partial charge in [0.1, 0.15) is 28.7 Å². The Morgan fingerprint density at radius 3 is 2.68 bits per heavy atom. The molecule has 0 radical (unpaired) electrons. The summed E-state index contributed by atoms with van der Waals surface area (Å²) in [5.74, 6) is -0.238. The van der Waals surface area contributed by atoms with E-state index in [9.17, 15) is 9.18 Å². The fourth-order valence-corrected chi connectivity index (χ4v) is 2.73. The SMILES string of the molecule is Cc1cccnc1-c1nccc(NC(=O)c2ccnn2-c2ccccc2F)n1. The van der Waals surface area contributed by atoms with Crippen molar-refractivity contribution in [1.82, 2.24) is 24.7 Å². The summed E-state index contributed by atoms with van der Waals surface area (Å²) < 4.78 is 15.3. The fourth-order valence-electron chi connectivity index (χ4n) is 2.73. The van der Waals surface area contributed by atoms with E-state index in [1.807, 2.05) is 19.1 Å². The molecule has 7 nitrogen and oxygen atoms in total. The van der Waals surface area contributed by atoms with Crippen molar-refractivity contribution < 1.29 is 9.18 Å². The minimum atomic E-state index is -0.477. The van der Waals surface area contributed by atoms with E-state index >= 15 is 0 Å². The lowest BCUT2D eigenvalue weighted by atomic mass is 10.2. The van der Waals surface area contributed by atoms with Crippen LogP contribution in [0.25, 0.3) is 17.2 Å². The summed E-state index contributed by atoms with van der Waals surface area (Å²) in [6.07, 6.45) is 4.63. The van der Waals surface area contributed by atoms with E-state index in [-0.39, 0.29) is 11.4 Å². The molecule has 0 bridgehead atoms. The van der Waals surface area contributed by atoms with E-state index in [0.29, 0.717) is 17.3 Å². The van der Waals surface area contributed by atoms with E-state index in [1.54, 1.807) is 36.7 Å². The molecule has 138 valence electrons. The van der Waals surface area contributed by atoms with Crippen LogP contribution in [0.3, 0.4) is 0 Å². The zero-order valence-corrected chi connectivity index (χ0v) is 14.9. The Labute approximate surface area is 159 Å². The van der Waals surface area contributed by atoms with Crippen LogP contribution < -0.4 is 5.32 Å². The number of para-hydroxylation sites is 1. The number of hydrogen-bond acceptors (Lipinski definition) is 5. The van der Waals surface area contributed by atoms with E-state index in [0.717, 1.165) is 5.56 Å². The Bertz CT molecular complexity index is 1160. The van der Waals surface area contributed by atoms with Crippen molar-refractivity contribution in [2.45, 2.75) is 6.92 Å². The Morgan fingerprint density at radius 1 is 1.00 bits per heavy atom. The highest BCUT2D eigenvalue weighted by atomic mass is 19.1. The number of aromatic nitrogens is 5. The van der Waals surface area contributed by atoms with Gasteiger partial charge in [-0.05, 0) is 42.8 Å². The van der Waals surface area contributed by atoms with Crippen LogP contribution in [0.2, 0.25) is 0 Å². The molecule has 0 spiro atoms. The van der Waals surface area contributed by atoms with Gasteiger partial charge in [-0.15, -0.1) is 0 Å². The maximum atomic E-state index is 14.1. The predicted molar refractivity (Wildman–Crippen MR) is 101 cm³/mol. The predicted octanol–water partition coefficient (Wildman–Crippen LogP) is 3.42. The molecule has 28 heavy (non-hydrogen) atoms. The van der Waals surface area contributed by atoms with Crippen LogP contribution in [0.4, 0.5) is 10.2 Å².